The van der Waals surface area contributed by atoms with Crippen LogP contribution in [0.15, 0.2) is 72.8 Å². The lowest BCUT2D eigenvalue weighted by Gasteiger charge is -2.27. The van der Waals surface area contributed by atoms with Crippen molar-refractivity contribution in [2.75, 3.05) is 22.1 Å². The number of halogens is 1. The minimum absolute atomic E-state index is 0.0976. The van der Waals surface area contributed by atoms with Crippen LogP contribution < -0.4 is 20.9 Å². The molecule has 1 fully saturated rings. The highest BCUT2D eigenvalue weighted by Gasteiger charge is 2.23. The molecule has 0 aromatic heterocycles. The van der Waals surface area contributed by atoms with Gasteiger partial charge in [0.2, 0.25) is 11.8 Å². The molecule has 1 atom stereocenters. The molecular formula is C28H26ClN5O3. The van der Waals surface area contributed by atoms with Crippen LogP contribution in [0.5, 0.6) is 0 Å². The standard InChI is InChI=1S/C28H26ClN5O3/c29-21-4-3-5-23(17-21)32-28(37)33-25(16-19-7-9-20(18-30)10-8-19)27(36)31-22-11-13-24(14-12-22)34-15-2-1-6-26(34)35/h3-5,7-14,17,25H,1-2,6,15-16H2,(H,31,36)(H2,32,33,37). The summed E-state index contributed by atoms with van der Waals surface area (Å²) in [5.41, 5.74) is 3.10. The predicted molar refractivity (Wildman–Crippen MR) is 144 cm³/mol. The quantitative estimate of drug-likeness (QED) is 0.406. The number of hydrogen-bond acceptors (Lipinski definition) is 4. The molecule has 1 aliphatic heterocycles. The van der Waals surface area contributed by atoms with Crippen molar-refractivity contribution in [1.82, 2.24) is 5.32 Å². The number of carbonyl (C=O) groups excluding carboxylic acids is 3. The van der Waals surface area contributed by atoms with Crippen molar-refractivity contribution in [2.45, 2.75) is 31.7 Å². The van der Waals surface area contributed by atoms with Crippen molar-refractivity contribution in [1.29, 1.82) is 5.26 Å². The summed E-state index contributed by atoms with van der Waals surface area (Å²) in [4.78, 5) is 39.9. The first kappa shape index (κ1) is 25.7. The van der Waals surface area contributed by atoms with Gasteiger partial charge in [0.1, 0.15) is 6.04 Å². The van der Waals surface area contributed by atoms with Gasteiger partial charge in [-0.15, -0.1) is 0 Å². The van der Waals surface area contributed by atoms with Gasteiger partial charge in [-0.3, -0.25) is 9.59 Å². The summed E-state index contributed by atoms with van der Waals surface area (Å²) < 4.78 is 0. The first-order valence-electron chi connectivity index (χ1n) is 11.9. The van der Waals surface area contributed by atoms with Gasteiger partial charge in [0, 0.05) is 41.5 Å². The van der Waals surface area contributed by atoms with E-state index in [2.05, 4.69) is 22.0 Å². The van der Waals surface area contributed by atoms with Crippen LogP contribution in [-0.4, -0.2) is 30.4 Å². The highest BCUT2D eigenvalue weighted by atomic mass is 35.5. The van der Waals surface area contributed by atoms with E-state index in [9.17, 15) is 14.4 Å². The fourth-order valence-corrected chi connectivity index (χ4v) is 4.28. The third-order valence-electron chi connectivity index (χ3n) is 6.00. The molecule has 1 heterocycles. The minimum atomic E-state index is -0.907. The van der Waals surface area contributed by atoms with E-state index in [1.807, 2.05) is 0 Å². The van der Waals surface area contributed by atoms with Gasteiger partial charge in [0.15, 0.2) is 0 Å². The fraction of sp³-hybridized carbons (Fsp3) is 0.214. The highest BCUT2D eigenvalue weighted by Crippen LogP contribution is 2.23. The lowest BCUT2D eigenvalue weighted by molar-refractivity contribution is -0.119. The summed E-state index contributed by atoms with van der Waals surface area (Å²) in [5.74, 6) is -0.312. The van der Waals surface area contributed by atoms with Crippen LogP contribution in [0.3, 0.4) is 0 Å². The number of nitriles is 1. The number of nitrogens with one attached hydrogen (secondary N) is 3. The molecule has 1 saturated heterocycles. The van der Waals surface area contributed by atoms with Crippen molar-refractivity contribution in [3.8, 4) is 6.07 Å². The second kappa shape index (κ2) is 12.1. The first-order valence-corrected chi connectivity index (χ1v) is 12.3. The van der Waals surface area contributed by atoms with Gasteiger partial charge in [-0.2, -0.15) is 5.26 Å². The monoisotopic (exact) mass is 515 g/mol. The van der Waals surface area contributed by atoms with Crippen LogP contribution >= 0.6 is 11.6 Å². The number of carbonyl (C=O) groups is 3. The number of urea groups is 1. The molecule has 3 aromatic rings. The number of hydrogen-bond donors (Lipinski definition) is 3. The van der Waals surface area contributed by atoms with E-state index in [1.165, 1.54) is 0 Å². The first-order chi connectivity index (χ1) is 17.9. The van der Waals surface area contributed by atoms with Crippen molar-refractivity contribution in [2.24, 2.45) is 0 Å². The Labute approximate surface area is 220 Å². The Hall–Kier alpha value is -4.35. The zero-order valence-corrected chi connectivity index (χ0v) is 20.8. The molecule has 1 unspecified atom stereocenters. The largest absolute Gasteiger partial charge is 0.326 e. The average Bonchev–Trinajstić information content (AvgIpc) is 2.89. The molecule has 4 amide bonds. The third kappa shape index (κ3) is 7.09. The summed E-state index contributed by atoms with van der Waals surface area (Å²) in [6, 6.07) is 21.2. The van der Waals surface area contributed by atoms with Crippen LogP contribution in [-0.2, 0) is 16.0 Å². The Bertz CT molecular complexity index is 1320. The molecule has 1 aliphatic rings. The molecule has 3 aromatic carbocycles. The van der Waals surface area contributed by atoms with Gasteiger partial charge < -0.3 is 20.9 Å². The van der Waals surface area contributed by atoms with Gasteiger partial charge in [-0.05, 0) is 73.0 Å². The summed E-state index contributed by atoms with van der Waals surface area (Å²) in [6.45, 7) is 0.683. The number of anilines is 3. The maximum Gasteiger partial charge on any atom is 0.319 e. The lowest BCUT2D eigenvalue weighted by Crippen LogP contribution is -2.46. The highest BCUT2D eigenvalue weighted by molar-refractivity contribution is 6.30. The van der Waals surface area contributed by atoms with Gasteiger partial charge in [-0.25, -0.2) is 4.79 Å². The van der Waals surface area contributed by atoms with Crippen LogP contribution in [0, 0.1) is 11.3 Å². The van der Waals surface area contributed by atoms with Crippen molar-refractivity contribution < 1.29 is 14.4 Å². The van der Waals surface area contributed by atoms with E-state index in [1.54, 1.807) is 77.7 Å². The third-order valence-corrected chi connectivity index (χ3v) is 6.23. The second-order valence-electron chi connectivity index (χ2n) is 8.71. The molecule has 0 spiro atoms. The molecule has 0 radical (unpaired) electrons. The SMILES string of the molecule is N#Cc1ccc(CC(NC(=O)Nc2cccc(Cl)c2)C(=O)Nc2ccc(N3CCCCC3=O)cc2)cc1. The summed E-state index contributed by atoms with van der Waals surface area (Å²) in [5, 5.41) is 17.8. The minimum Gasteiger partial charge on any atom is -0.326 e. The van der Waals surface area contributed by atoms with E-state index in [0.717, 1.165) is 24.1 Å². The van der Waals surface area contributed by atoms with Crippen molar-refractivity contribution >= 4 is 46.5 Å². The van der Waals surface area contributed by atoms with Gasteiger partial charge in [0.25, 0.3) is 0 Å². The molecular weight excluding hydrogens is 490 g/mol. The topological polar surface area (TPSA) is 114 Å². The van der Waals surface area contributed by atoms with E-state index < -0.39 is 18.0 Å². The fourth-order valence-electron chi connectivity index (χ4n) is 4.08. The Morgan fingerprint density at radius 1 is 0.973 bits per heavy atom. The molecule has 188 valence electrons. The Kier molecular flexibility index (Phi) is 8.39. The number of nitrogens with zero attached hydrogens (tertiary/aromatic N) is 2. The lowest BCUT2D eigenvalue weighted by atomic mass is 10.0. The number of piperidine rings is 1. The second-order valence-corrected chi connectivity index (χ2v) is 9.15. The Morgan fingerprint density at radius 2 is 1.73 bits per heavy atom. The molecule has 9 heteroatoms. The van der Waals surface area contributed by atoms with E-state index in [4.69, 9.17) is 16.9 Å². The average molecular weight is 516 g/mol. The van der Waals surface area contributed by atoms with E-state index in [0.29, 0.717) is 34.9 Å². The zero-order chi connectivity index (χ0) is 26.2. The van der Waals surface area contributed by atoms with Crippen LogP contribution in [0.25, 0.3) is 0 Å². The van der Waals surface area contributed by atoms with Gasteiger partial charge >= 0.3 is 6.03 Å². The molecule has 0 saturated carbocycles. The smallest absolute Gasteiger partial charge is 0.319 e. The van der Waals surface area contributed by atoms with Crippen molar-refractivity contribution in [3.63, 3.8) is 0 Å². The van der Waals surface area contributed by atoms with Crippen LogP contribution in [0.4, 0.5) is 21.9 Å². The Morgan fingerprint density at radius 3 is 2.41 bits per heavy atom. The van der Waals surface area contributed by atoms with Crippen molar-refractivity contribution in [3.05, 3.63) is 88.9 Å². The van der Waals surface area contributed by atoms with E-state index >= 15 is 0 Å². The van der Waals surface area contributed by atoms with Gasteiger partial charge in [-0.1, -0.05) is 29.8 Å². The van der Waals surface area contributed by atoms with E-state index in [-0.39, 0.29) is 12.3 Å². The molecule has 0 bridgehead atoms. The summed E-state index contributed by atoms with van der Waals surface area (Å²) in [7, 11) is 0. The maximum atomic E-state index is 13.2. The number of amides is 4. The summed E-state index contributed by atoms with van der Waals surface area (Å²) >= 11 is 6.00. The molecule has 0 aliphatic carbocycles. The molecule has 3 N–H and O–H groups in total. The zero-order valence-electron chi connectivity index (χ0n) is 20.0. The molecule has 8 nitrogen and oxygen atoms in total. The molecule has 4 rings (SSSR count). The maximum absolute atomic E-state index is 13.2. The molecule has 37 heavy (non-hydrogen) atoms. The summed E-state index contributed by atoms with van der Waals surface area (Å²) in [6.07, 6.45) is 2.62. The predicted octanol–water partition coefficient (Wildman–Crippen LogP) is 5.10. The van der Waals surface area contributed by atoms with Crippen LogP contribution in [0.1, 0.15) is 30.4 Å². The Balaban J connectivity index is 1.46. The normalized spacial score (nSPS) is 13.8. The number of rotatable bonds is 7. The van der Waals surface area contributed by atoms with Crippen LogP contribution in [0.2, 0.25) is 5.02 Å². The number of benzene rings is 3. The van der Waals surface area contributed by atoms with Gasteiger partial charge in [0.05, 0.1) is 11.6 Å².